The molecule has 1 saturated heterocycles. The van der Waals surface area contributed by atoms with E-state index < -0.39 is 59.5 Å². The zero-order valence-electron chi connectivity index (χ0n) is 24.6. The number of ether oxygens (including phenoxy) is 1. The maximum absolute atomic E-state index is 13.8. The van der Waals surface area contributed by atoms with Gasteiger partial charge in [0.1, 0.15) is 12.1 Å². The van der Waals surface area contributed by atoms with E-state index in [0.29, 0.717) is 29.6 Å². The third-order valence-corrected chi connectivity index (χ3v) is 7.72. The van der Waals surface area contributed by atoms with Crippen molar-refractivity contribution in [1.82, 2.24) is 26.1 Å². The number of alkyl halides is 3. The van der Waals surface area contributed by atoms with Crippen molar-refractivity contribution in [2.75, 3.05) is 6.54 Å². The molecule has 4 rings (SSSR count). The smallest absolute Gasteiger partial charge is 0.395 e. The van der Waals surface area contributed by atoms with Crippen molar-refractivity contribution in [3.05, 3.63) is 47.7 Å². The fourth-order valence-electron chi connectivity index (χ4n) is 4.80. The van der Waals surface area contributed by atoms with Gasteiger partial charge in [0.05, 0.1) is 28.6 Å². The zero-order chi connectivity index (χ0) is 31.7. The molecule has 2 aliphatic heterocycles. The van der Waals surface area contributed by atoms with Gasteiger partial charge in [-0.05, 0) is 65.2 Å². The normalized spacial score (nSPS) is 27.2. The molecule has 1 aromatic carbocycles. The van der Waals surface area contributed by atoms with Crippen LogP contribution in [-0.4, -0.2) is 64.6 Å². The largest absolute Gasteiger partial charge is 0.451 e. The number of amides is 3. The van der Waals surface area contributed by atoms with E-state index in [1.807, 2.05) is 18.2 Å². The number of carbonyl (C=O) groups excluding carboxylic acids is 4. The highest BCUT2D eigenvalue weighted by molar-refractivity contribution is 5.91. The number of hydrogen-bond donors (Lipinski definition) is 3. The number of hydrogen-bond acceptors (Lipinski definition) is 7. The molecule has 1 fully saturated rings. The monoisotopic (exact) mass is 603 g/mol. The van der Waals surface area contributed by atoms with Gasteiger partial charge in [-0.15, -0.1) is 0 Å². The van der Waals surface area contributed by atoms with Crippen molar-refractivity contribution in [1.29, 1.82) is 0 Å². The summed E-state index contributed by atoms with van der Waals surface area (Å²) < 4.78 is 46.5. The second-order valence-corrected chi connectivity index (χ2v) is 11.7. The number of benzene rings is 1. The van der Waals surface area contributed by atoms with Crippen LogP contribution in [0.3, 0.4) is 0 Å². The molecule has 3 amide bonds. The Bertz CT molecular complexity index is 1440. The van der Waals surface area contributed by atoms with Crippen LogP contribution in [0.2, 0.25) is 0 Å². The number of halogens is 3. The van der Waals surface area contributed by atoms with Gasteiger partial charge in [-0.2, -0.15) is 13.2 Å². The molecule has 5 atom stereocenters. The lowest BCUT2D eigenvalue weighted by Crippen LogP contribution is -2.61. The van der Waals surface area contributed by atoms with Crippen LogP contribution >= 0.6 is 0 Å². The summed E-state index contributed by atoms with van der Waals surface area (Å²) in [6.07, 6.45) is -3.12. The van der Waals surface area contributed by atoms with E-state index in [1.165, 1.54) is 31.9 Å². The van der Waals surface area contributed by atoms with Crippen LogP contribution in [0.15, 0.2) is 36.4 Å². The molecule has 5 bridgehead atoms. The predicted molar refractivity (Wildman–Crippen MR) is 152 cm³/mol. The lowest BCUT2D eigenvalue weighted by molar-refractivity contribution is -0.207. The minimum absolute atomic E-state index is 0.213. The number of esters is 1. The Hall–Kier alpha value is -4.00. The number of carbonyl (C=O) groups is 4. The van der Waals surface area contributed by atoms with Crippen molar-refractivity contribution in [2.45, 2.75) is 77.9 Å². The molecule has 0 aliphatic carbocycles. The van der Waals surface area contributed by atoms with Gasteiger partial charge >= 0.3 is 12.1 Å². The van der Waals surface area contributed by atoms with Crippen LogP contribution in [0, 0.1) is 11.3 Å². The minimum atomic E-state index is -4.87. The molecule has 3 heterocycles. The van der Waals surface area contributed by atoms with Gasteiger partial charge in [0.15, 0.2) is 6.10 Å². The Morgan fingerprint density at radius 1 is 1.02 bits per heavy atom. The van der Waals surface area contributed by atoms with Gasteiger partial charge in [-0.3, -0.25) is 29.2 Å². The quantitative estimate of drug-likeness (QED) is 0.425. The van der Waals surface area contributed by atoms with Crippen molar-refractivity contribution in [2.24, 2.45) is 11.3 Å². The van der Waals surface area contributed by atoms with Crippen molar-refractivity contribution >= 4 is 40.7 Å². The summed E-state index contributed by atoms with van der Waals surface area (Å²) in [6, 6.07) is 6.58. The third-order valence-electron chi connectivity index (χ3n) is 7.72. The molecular weight excluding hydrogens is 567 g/mol. The lowest BCUT2D eigenvalue weighted by atomic mass is 9.91. The van der Waals surface area contributed by atoms with Gasteiger partial charge < -0.3 is 15.4 Å². The van der Waals surface area contributed by atoms with Crippen LogP contribution in [-0.2, 0) is 23.9 Å². The Kier molecular flexibility index (Phi) is 9.14. The molecule has 232 valence electrons. The van der Waals surface area contributed by atoms with E-state index >= 15 is 0 Å². The van der Waals surface area contributed by atoms with Gasteiger partial charge in [0, 0.05) is 11.9 Å². The SMILES string of the molecule is CC(C1OC(=O)C(C)(C)/C=C/c2ccc3ccc(nc3c2)[C@@H](C)NC(=O)[C@@H]2CCCN(N2)C(=O)[C@H](C)NC1=O)C(F)(F)F. The number of fused-ring (bicyclic) bond motifs is 4. The number of nitrogens with zero attached hydrogens (tertiary/aromatic N) is 2. The van der Waals surface area contributed by atoms with Crippen molar-refractivity contribution in [3.63, 3.8) is 0 Å². The Balaban J connectivity index is 1.73. The fourth-order valence-corrected chi connectivity index (χ4v) is 4.80. The van der Waals surface area contributed by atoms with Gasteiger partial charge in [0.2, 0.25) is 5.91 Å². The van der Waals surface area contributed by atoms with E-state index in [9.17, 15) is 32.3 Å². The van der Waals surface area contributed by atoms with E-state index in [4.69, 9.17) is 9.72 Å². The first-order valence-corrected chi connectivity index (χ1v) is 14.1. The van der Waals surface area contributed by atoms with Crippen LogP contribution in [0.25, 0.3) is 17.0 Å². The molecule has 0 saturated carbocycles. The Labute approximate surface area is 247 Å². The second kappa shape index (κ2) is 12.3. The Morgan fingerprint density at radius 3 is 2.40 bits per heavy atom. The topological polar surface area (TPSA) is 130 Å². The first kappa shape index (κ1) is 31.9. The third kappa shape index (κ3) is 7.32. The molecule has 3 N–H and O–H groups in total. The highest BCUT2D eigenvalue weighted by atomic mass is 19.4. The molecule has 0 spiro atoms. The summed E-state index contributed by atoms with van der Waals surface area (Å²) >= 11 is 0. The fraction of sp³-hybridized carbons (Fsp3) is 0.500. The highest BCUT2D eigenvalue weighted by Crippen LogP contribution is 2.32. The lowest BCUT2D eigenvalue weighted by Gasteiger charge is -2.35. The summed E-state index contributed by atoms with van der Waals surface area (Å²) in [7, 11) is 0. The van der Waals surface area contributed by atoms with Crippen molar-refractivity contribution < 1.29 is 37.1 Å². The van der Waals surface area contributed by atoms with E-state index in [1.54, 1.807) is 25.1 Å². The molecule has 13 heteroatoms. The molecule has 0 radical (unpaired) electrons. The van der Waals surface area contributed by atoms with Crippen LogP contribution in [0.1, 0.15) is 64.8 Å². The van der Waals surface area contributed by atoms with Crippen molar-refractivity contribution in [3.8, 4) is 0 Å². The average molecular weight is 604 g/mol. The van der Waals surface area contributed by atoms with E-state index in [0.717, 1.165) is 12.3 Å². The first-order valence-electron chi connectivity index (χ1n) is 14.1. The molecule has 10 nitrogen and oxygen atoms in total. The Morgan fingerprint density at radius 2 is 1.70 bits per heavy atom. The number of hydrazine groups is 1. The average Bonchev–Trinajstić information content (AvgIpc) is 2.96. The highest BCUT2D eigenvalue weighted by Gasteiger charge is 2.48. The van der Waals surface area contributed by atoms with Crippen LogP contribution < -0.4 is 16.1 Å². The summed E-state index contributed by atoms with van der Waals surface area (Å²) in [5.74, 6) is -5.70. The van der Waals surface area contributed by atoms with Gasteiger partial charge in [-0.1, -0.05) is 30.4 Å². The van der Waals surface area contributed by atoms with Gasteiger partial charge in [-0.25, -0.2) is 5.43 Å². The summed E-state index contributed by atoms with van der Waals surface area (Å²) in [5, 5.41) is 7.19. The zero-order valence-corrected chi connectivity index (χ0v) is 24.6. The molecule has 1 aromatic heterocycles. The summed E-state index contributed by atoms with van der Waals surface area (Å²) in [6.45, 7) is 6.97. The number of aromatic nitrogens is 1. The number of cyclic esters (lactones) is 1. The number of nitrogens with one attached hydrogen (secondary N) is 3. The maximum atomic E-state index is 13.8. The molecule has 2 unspecified atom stereocenters. The predicted octanol–water partition coefficient (Wildman–Crippen LogP) is 3.58. The maximum Gasteiger partial charge on any atom is 0.395 e. The molecular formula is C30H36F3N5O5. The first-order chi connectivity index (χ1) is 20.1. The second-order valence-electron chi connectivity index (χ2n) is 11.7. The minimum Gasteiger partial charge on any atom is -0.451 e. The standard InChI is InChI=1S/C30H36F3N5O5/c1-16(30(31,32)33)24-26(40)35-18(3)27(41)38-14-6-7-22(37-38)25(39)34-17(2)21-11-10-20-9-8-19(15-23(20)36-21)12-13-29(4,5)28(42)43-24/h8-13,15-18,22,24,37H,6-7,14H2,1-5H3,(H,34,39)(H,35,40)/b13-12+/t16?,17-,18+,22+,24?/m1/s1. The van der Waals surface area contributed by atoms with Crippen LogP contribution in [0.5, 0.6) is 0 Å². The molecule has 2 aromatic rings. The summed E-state index contributed by atoms with van der Waals surface area (Å²) in [4.78, 5) is 57.2. The van der Waals surface area contributed by atoms with E-state index in [2.05, 4.69) is 16.1 Å². The molecule has 2 aliphatic rings. The number of pyridine rings is 1. The van der Waals surface area contributed by atoms with Crippen LogP contribution in [0.4, 0.5) is 13.2 Å². The molecule has 43 heavy (non-hydrogen) atoms. The number of rotatable bonds is 1. The van der Waals surface area contributed by atoms with E-state index in [-0.39, 0.29) is 12.5 Å². The summed E-state index contributed by atoms with van der Waals surface area (Å²) in [5.41, 5.74) is 3.35. The van der Waals surface area contributed by atoms with Gasteiger partial charge in [0.25, 0.3) is 11.8 Å².